The zero-order chi connectivity index (χ0) is 13.2. The Morgan fingerprint density at radius 2 is 1.83 bits per heavy atom. The molecule has 0 spiro atoms. The van der Waals surface area contributed by atoms with Crippen LogP contribution >= 0.6 is 0 Å². The maximum Gasteiger partial charge on any atom is 0.417 e. The summed E-state index contributed by atoms with van der Waals surface area (Å²) in [5.41, 5.74) is -0.420. The lowest BCUT2D eigenvalue weighted by Gasteiger charge is -2.12. The van der Waals surface area contributed by atoms with E-state index in [0.29, 0.717) is 5.75 Å². The maximum atomic E-state index is 12.9. The molecule has 2 aromatic rings. The van der Waals surface area contributed by atoms with Crippen LogP contribution < -0.4 is 4.74 Å². The van der Waals surface area contributed by atoms with Gasteiger partial charge >= 0.3 is 6.18 Å². The first kappa shape index (κ1) is 12.4. The highest BCUT2D eigenvalue weighted by Gasteiger charge is 2.33. The van der Waals surface area contributed by atoms with Crippen LogP contribution in [0.2, 0.25) is 0 Å². The van der Waals surface area contributed by atoms with Gasteiger partial charge < -0.3 is 4.74 Å². The predicted octanol–water partition coefficient (Wildman–Crippen LogP) is 3.78. The first-order chi connectivity index (χ1) is 8.52. The number of hydrogen-bond acceptors (Lipinski definition) is 2. The third kappa shape index (κ3) is 2.45. The van der Waals surface area contributed by atoms with E-state index in [1.165, 1.54) is 31.5 Å². The number of hydrogen-bond donors (Lipinski definition) is 0. The molecule has 0 aliphatic carbocycles. The van der Waals surface area contributed by atoms with E-state index >= 15 is 0 Å². The van der Waals surface area contributed by atoms with Crippen molar-refractivity contribution in [3.05, 3.63) is 48.2 Å². The van der Waals surface area contributed by atoms with Crippen LogP contribution in [0.5, 0.6) is 5.75 Å². The van der Waals surface area contributed by atoms with Crippen LogP contribution in [-0.4, -0.2) is 12.1 Å². The average Bonchev–Trinajstić information content (AvgIpc) is 2.38. The molecule has 0 saturated heterocycles. The summed E-state index contributed by atoms with van der Waals surface area (Å²) in [7, 11) is 1.45. The van der Waals surface area contributed by atoms with Crippen molar-refractivity contribution in [2.75, 3.05) is 7.11 Å². The fourth-order valence-electron chi connectivity index (χ4n) is 1.64. The summed E-state index contributed by atoms with van der Waals surface area (Å²) in [5, 5.41) is 0. The average molecular weight is 253 g/mol. The lowest BCUT2D eigenvalue weighted by Crippen LogP contribution is -2.07. The van der Waals surface area contributed by atoms with Gasteiger partial charge in [-0.2, -0.15) is 13.2 Å². The third-order valence-electron chi connectivity index (χ3n) is 2.48. The van der Waals surface area contributed by atoms with Gasteiger partial charge in [0.2, 0.25) is 0 Å². The topological polar surface area (TPSA) is 22.1 Å². The molecule has 0 aliphatic heterocycles. The van der Waals surface area contributed by atoms with Crippen molar-refractivity contribution in [1.29, 1.82) is 0 Å². The van der Waals surface area contributed by atoms with Gasteiger partial charge in [-0.05, 0) is 12.1 Å². The molecular weight excluding hydrogens is 243 g/mol. The second kappa shape index (κ2) is 4.68. The molecule has 1 heterocycles. The Labute approximate surface area is 102 Å². The van der Waals surface area contributed by atoms with E-state index < -0.39 is 11.7 Å². The molecule has 0 aliphatic rings. The summed E-state index contributed by atoms with van der Waals surface area (Å²) in [6.07, 6.45) is -2.98. The number of aromatic nitrogens is 1. The first-order valence-corrected chi connectivity index (χ1v) is 5.19. The van der Waals surface area contributed by atoms with Crippen LogP contribution in [-0.2, 0) is 6.18 Å². The summed E-state index contributed by atoms with van der Waals surface area (Å²) >= 11 is 0. The largest absolute Gasteiger partial charge is 0.497 e. The van der Waals surface area contributed by atoms with Crippen molar-refractivity contribution in [2.24, 2.45) is 0 Å². The molecule has 2 rings (SSSR count). The number of methoxy groups -OCH3 is 1. The van der Waals surface area contributed by atoms with Gasteiger partial charge in [0.15, 0.2) is 0 Å². The van der Waals surface area contributed by atoms with Crippen molar-refractivity contribution in [3.63, 3.8) is 0 Å². The molecule has 0 radical (unpaired) electrons. The Hall–Kier alpha value is -2.04. The fraction of sp³-hybridized carbons (Fsp3) is 0.154. The molecule has 18 heavy (non-hydrogen) atoms. The van der Waals surface area contributed by atoms with Gasteiger partial charge in [0.25, 0.3) is 0 Å². The van der Waals surface area contributed by atoms with Gasteiger partial charge in [0, 0.05) is 17.8 Å². The standard InChI is InChI=1S/C13H10F3NO/c1-18-9-6-7-17-12(8-9)10-4-2-3-5-11(10)13(14,15)16/h2-8H,1H3. The summed E-state index contributed by atoms with van der Waals surface area (Å²) in [6, 6.07) is 8.39. The van der Waals surface area contributed by atoms with Gasteiger partial charge in [-0.3, -0.25) is 4.98 Å². The summed E-state index contributed by atoms with van der Waals surface area (Å²) in [6.45, 7) is 0. The second-order valence-corrected chi connectivity index (χ2v) is 3.62. The van der Waals surface area contributed by atoms with E-state index in [9.17, 15) is 13.2 Å². The number of ether oxygens (including phenoxy) is 1. The van der Waals surface area contributed by atoms with Crippen molar-refractivity contribution >= 4 is 0 Å². The smallest absolute Gasteiger partial charge is 0.417 e. The molecule has 0 fully saturated rings. The maximum absolute atomic E-state index is 12.9. The minimum atomic E-state index is -4.40. The molecule has 5 heteroatoms. The SMILES string of the molecule is COc1ccnc(-c2ccccc2C(F)(F)F)c1. The Morgan fingerprint density at radius 3 is 2.50 bits per heavy atom. The number of rotatable bonds is 2. The van der Waals surface area contributed by atoms with E-state index in [-0.39, 0.29) is 11.3 Å². The number of halogens is 3. The molecule has 0 bridgehead atoms. The summed E-state index contributed by atoms with van der Waals surface area (Å²) < 4.78 is 43.6. The Balaban J connectivity index is 2.57. The van der Waals surface area contributed by atoms with Crippen molar-refractivity contribution < 1.29 is 17.9 Å². The summed E-state index contributed by atoms with van der Waals surface area (Å²) in [5.74, 6) is 0.469. The Morgan fingerprint density at radius 1 is 1.11 bits per heavy atom. The lowest BCUT2D eigenvalue weighted by atomic mass is 10.0. The predicted molar refractivity (Wildman–Crippen MR) is 61.2 cm³/mol. The molecular formula is C13H10F3NO. The number of alkyl halides is 3. The van der Waals surface area contributed by atoms with Crippen LogP contribution in [0.15, 0.2) is 42.6 Å². The fourth-order valence-corrected chi connectivity index (χ4v) is 1.64. The number of benzene rings is 1. The van der Waals surface area contributed by atoms with E-state index in [4.69, 9.17) is 4.74 Å². The molecule has 2 nitrogen and oxygen atoms in total. The number of nitrogens with zero attached hydrogens (tertiary/aromatic N) is 1. The minimum absolute atomic E-state index is 0.0453. The summed E-state index contributed by atoms with van der Waals surface area (Å²) in [4.78, 5) is 3.95. The molecule has 0 saturated carbocycles. The van der Waals surface area contributed by atoms with E-state index in [2.05, 4.69) is 4.98 Å². The minimum Gasteiger partial charge on any atom is -0.497 e. The van der Waals surface area contributed by atoms with Crippen molar-refractivity contribution in [1.82, 2.24) is 4.98 Å². The molecule has 0 atom stereocenters. The van der Waals surface area contributed by atoms with Crippen molar-refractivity contribution in [2.45, 2.75) is 6.18 Å². The van der Waals surface area contributed by atoms with Crippen LogP contribution in [0, 0.1) is 0 Å². The molecule has 94 valence electrons. The van der Waals surface area contributed by atoms with E-state index in [1.54, 1.807) is 12.1 Å². The van der Waals surface area contributed by atoms with Gasteiger partial charge in [-0.25, -0.2) is 0 Å². The normalized spacial score (nSPS) is 11.3. The molecule has 0 unspecified atom stereocenters. The zero-order valence-corrected chi connectivity index (χ0v) is 9.53. The highest BCUT2D eigenvalue weighted by molar-refractivity contribution is 5.65. The van der Waals surface area contributed by atoms with Crippen LogP contribution in [0.4, 0.5) is 13.2 Å². The van der Waals surface area contributed by atoms with Crippen LogP contribution in [0.3, 0.4) is 0 Å². The van der Waals surface area contributed by atoms with Gasteiger partial charge in [0.05, 0.1) is 18.4 Å². The second-order valence-electron chi connectivity index (χ2n) is 3.62. The number of pyridine rings is 1. The van der Waals surface area contributed by atoms with Gasteiger partial charge in [0.1, 0.15) is 5.75 Å². The zero-order valence-electron chi connectivity index (χ0n) is 9.53. The van der Waals surface area contributed by atoms with Crippen LogP contribution in [0.25, 0.3) is 11.3 Å². The molecule has 0 amide bonds. The lowest BCUT2D eigenvalue weighted by molar-refractivity contribution is -0.137. The monoisotopic (exact) mass is 253 g/mol. The highest BCUT2D eigenvalue weighted by atomic mass is 19.4. The molecule has 1 aromatic carbocycles. The first-order valence-electron chi connectivity index (χ1n) is 5.19. The Kier molecular flexibility index (Phi) is 3.23. The quantitative estimate of drug-likeness (QED) is 0.812. The van der Waals surface area contributed by atoms with Gasteiger partial charge in [-0.1, -0.05) is 18.2 Å². The van der Waals surface area contributed by atoms with Crippen molar-refractivity contribution in [3.8, 4) is 17.0 Å². The van der Waals surface area contributed by atoms with E-state index in [0.717, 1.165) is 6.07 Å². The third-order valence-corrected chi connectivity index (χ3v) is 2.48. The molecule has 0 N–H and O–H groups in total. The van der Waals surface area contributed by atoms with E-state index in [1.807, 2.05) is 0 Å². The molecule has 1 aromatic heterocycles. The Bertz CT molecular complexity index is 552. The highest BCUT2D eigenvalue weighted by Crippen LogP contribution is 2.36. The van der Waals surface area contributed by atoms with Crippen LogP contribution in [0.1, 0.15) is 5.56 Å². The van der Waals surface area contributed by atoms with Gasteiger partial charge in [-0.15, -0.1) is 0 Å².